The van der Waals surface area contributed by atoms with Crippen LogP contribution in [0.3, 0.4) is 0 Å². The Hall–Kier alpha value is -3.36. The van der Waals surface area contributed by atoms with Crippen LogP contribution in [-0.2, 0) is 6.18 Å². The quantitative estimate of drug-likeness (QED) is 0.554. The van der Waals surface area contributed by atoms with Crippen molar-refractivity contribution in [3.63, 3.8) is 0 Å². The molecule has 0 spiro atoms. The normalized spacial score (nSPS) is 12.2. The van der Waals surface area contributed by atoms with Crippen LogP contribution in [-0.4, -0.2) is 19.7 Å². The Kier molecular flexibility index (Phi) is 4.10. The number of alkyl halides is 3. The third-order valence-electron chi connectivity index (χ3n) is 4.38. The average Bonchev–Trinajstić information content (AvgIpc) is 3.24. The molecule has 2 aromatic heterocycles. The molecule has 0 bridgehead atoms. The summed E-state index contributed by atoms with van der Waals surface area (Å²) in [5.74, 6) is -0.0942. The lowest BCUT2D eigenvalue weighted by molar-refractivity contribution is -0.137. The second-order valence-corrected chi connectivity index (χ2v) is 6.59. The number of fused-ring (bicyclic) bond motifs is 1. The molecule has 0 aliphatic rings. The first-order chi connectivity index (χ1) is 13.3. The van der Waals surface area contributed by atoms with E-state index in [2.05, 4.69) is 15.1 Å². The molecule has 0 aliphatic heterocycles. The summed E-state index contributed by atoms with van der Waals surface area (Å²) in [6.07, 6.45) is -4.54. The van der Waals surface area contributed by atoms with Gasteiger partial charge in [0.25, 0.3) is 5.89 Å². The Balaban J connectivity index is 1.78. The van der Waals surface area contributed by atoms with Crippen LogP contribution in [0.4, 0.5) is 13.2 Å². The molecule has 4 rings (SSSR count). The molecule has 1 N–H and O–H groups in total. The van der Waals surface area contributed by atoms with Crippen LogP contribution < -0.4 is 5.69 Å². The highest BCUT2D eigenvalue weighted by molar-refractivity contribution is 5.81. The highest BCUT2D eigenvalue weighted by Crippen LogP contribution is 2.36. The van der Waals surface area contributed by atoms with E-state index < -0.39 is 11.7 Å². The molecule has 0 amide bonds. The summed E-state index contributed by atoms with van der Waals surface area (Å²) >= 11 is 0. The van der Waals surface area contributed by atoms with Crippen molar-refractivity contribution in [1.29, 1.82) is 0 Å². The van der Waals surface area contributed by atoms with Crippen LogP contribution in [0.5, 0.6) is 0 Å². The van der Waals surface area contributed by atoms with E-state index in [0.717, 1.165) is 11.6 Å². The van der Waals surface area contributed by atoms with E-state index in [0.29, 0.717) is 11.1 Å². The number of halogens is 3. The predicted molar refractivity (Wildman–Crippen MR) is 96.7 cm³/mol. The molecular weight excluding hydrogens is 373 g/mol. The van der Waals surface area contributed by atoms with Crippen LogP contribution in [0.1, 0.15) is 25.5 Å². The molecule has 0 aliphatic carbocycles. The lowest BCUT2D eigenvalue weighted by atomic mass is 10.1. The van der Waals surface area contributed by atoms with Gasteiger partial charge in [-0.15, -0.1) is 0 Å². The predicted octanol–water partition coefficient (Wildman–Crippen LogP) is 4.65. The Bertz CT molecular complexity index is 1220. The third-order valence-corrected chi connectivity index (χ3v) is 4.38. The summed E-state index contributed by atoms with van der Waals surface area (Å²) in [6, 6.07) is 10.1. The summed E-state index contributed by atoms with van der Waals surface area (Å²) < 4.78 is 46.3. The first kappa shape index (κ1) is 18.0. The van der Waals surface area contributed by atoms with Crippen LogP contribution in [0.2, 0.25) is 0 Å². The number of aromatic amines is 1. The van der Waals surface area contributed by atoms with Crippen molar-refractivity contribution < 1.29 is 17.7 Å². The third kappa shape index (κ3) is 2.98. The zero-order valence-electron chi connectivity index (χ0n) is 14.9. The SMILES string of the molecule is CC(C)n1c(=O)[nH]c2cc(-c3noc(-c4ccccc4C(F)(F)F)n3)ccc21. The molecule has 9 heteroatoms. The number of nitrogens with one attached hydrogen (secondary N) is 1. The highest BCUT2D eigenvalue weighted by atomic mass is 19.4. The van der Waals surface area contributed by atoms with E-state index >= 15 is 0 Å². The van der Waals surface area contributed by atoms with E-state index in [-0.39, 0.29) is 29.0 Å². The van der Waals surface area contributed by atoms with E-state index in [4.69, 9.17) is 4.52 Å². The number of rotatable bonds is 3. The lowest BCUT2D eigenvalue weighted by Gasteiger charge is -2.09. The van der Waals surface area contributed by atoms with Crippen LogP contribution >= 0.6 is 0 Å². The summed E-state index contributed by atoms with van der Waals surface area (Å²) in [5.41, 5.74) is 0.542. The molecule has 2 heterocycles. The van der Waals surface area contributed by atoms with Crippen LogP contribution in [0.25, 0.3) is 33.9 Å². The summed E-state index contributed by atoms with van der Waals surface area (Å²) in [6.45, 7) is 3.79. The average molecular weight is 388 g/mol. The van der Waals surface area contributed by atoms with E-state index in [1.54, 1.807) is 22.8 Å². The number of benzene rings is 2. The van der Waals surface area contributed by atoms with Crippen molar-refractivity contribution in [3.05, 3.63) is 58.5 Å². The molecule has 0 radical (unpaired) electrons. The van der Waals surface area contributed by atoms with Gasteiger partial charge in [0, 0.05) is 11.6 Å². The van der Waals surface area contributed by atoms with E-state index in [9.17, 15) is 18.0 Å². The molecule has 0 fully saturated rings. The molecule has 144 valence electrons. The van der Waals surface area contributed by atoms with Gasteiger partial charge in [0.15, 0.2) is 0 Å². The van der Waals surface area contributed by atoms with Gasteiger partial charge in [-0.25, -0.2) is 4.79 Å². The molecule has 28 heavy (non-hydrogen) atoms. The number of nitrogens with zero attached hydrogens (tertiary/aromatic N) is 3. The number of hydrogen-bond donors (Lipinski definition) is 1. The minimum absolute atomic E-state index is 0.0252. The Morgan fingerprint density at radius 1 is 1.14 bits per heavy atom. The summed E-state index contributed by atoms with van der Waals surface area (Å²) in [5, 5.41) is 3.80. The lowest BCUT2D eigenvalue weighted by Crippen LogP contribution is -2.18. The Morgan fingerprint density at radius 3 is 2.61 bits per heavy atom. The van der Waals surface area contributed by atoms with Crippen molar-refractivity contribution >= 4 is 11.0 Å². The number of H-pyrrole nitrogens is 1. The first-order valence-corrected chi connectivity index (χ1v) is 8.50. The number of imidazole rings is 1. The van der Waals surface area contributed by atoms with Gasteiger partial charge in [-0.05, 0) is 44.2 Å². The molecule has 0 saturated heterocycles. The van der Waals surface area contributed by atoms with Gasteiger partial charge in [0.1, 0.15) is 0 Å². The molecule has 0 unspecified atom stereocenters. The second-order valence-electron chi connectivity index (χ2n) is 6.59. The van der Waals surface area contributed by atoms with Crippen LogP contribution in [0.15, 0.2) is 51.8 Å². The van der Waals surface area contributed by atoms with Crippen molar-refractivity contribution in [2.75, 3.05) is 0 Å². The van der Waals surface area contributed by atoms with Gasteiger partial charge >= 0.3 is 11.9 Å². The number of hydrogen-bond acceptors (Lipinski definition) is 4. The second kappa shape index (κ2) is 6.36. The minimum Gasteiger partial charge on any atom is -0.334 e. The smallest absolute Gasteiger partial charge is 0.334 e. The topological polar surface area (TPSA) is 76.7 Å². The fourth-order valence-electron chi connectivity index (χ4n) is 3.15. The van der Waals surface area contributed by atoms with Crippen molar-refractivity contribution in [1.82, 2.24) is 19.7 Å². The van der Waals surface area contributed by atoms with Gasteiger partial charge in [-0.1, -0.05) is 17.3 Å². The fourth-order valence-corrected chi connectivity index (χ4v) is 3.15. The zero-order valence-corrected chi connectivity index (χ0v) is 14.9. The van der Waals surface area contributed by atoms with Gasteiger partial charge in [-0.2, -0.15) is 18.2 Å². The molecular formula is C19H15F3N4O2. The maximum atomic E-state index is 13.2. The Morgan fingerprint density at radius 2 is 1.89 bits per heavy atom. The van der Waals surface area contributed by atoms with Gasteiger partial charge < -0.3 is 9.51 Å². The molecule has 4 aromatic rings. The first-order valence-electron chi connectivity index (χ1n) is 8.50. The molecule has 6 nitrogen and oxygen atoms in total. The van der Waals surface area contributed by atoms with Crippen molar-refractivity contribution in [2.24, 2.45) is 0 Å². The van der Waals surface area contributed by atoms with Gasteiger partial charge in [0.2, 0.25) is 5.82 Å². The van der Waals surface area contributed by atoms with E-state index in [1.807, 2.05) is 13.8 Å². The minimum atomic E-state index is -4.54. The largest absolute Gasteiger partial charge is 0.417 e. The van der Waals surface area contributed by atoms with E-state index in [1.165, 1.54) is 18.2 Å². The number of aromatic nitrogens is 4. The molecule has 2 aromatic carbocycles. The highest BCUT2D eigenvalue weighted by Gasteiger charge is 2.34. The standard InChI is InChI=1S/C19H15F3N4O2/c1-10(2)26-15-8-7-11(9-14(15)23-18(26)27)16-24-17(28-25-16)12-5-3-4-6-13(12)19(20,21)22/h3-10H,1-2H3,(H,23,27). The summed E-state index contributed by atoms with van der Waals surface area (Å²) in [7, 11) is 0. The van der Waals surface area contributed by atoms with Crippen molar-refractivity contribution in [2.45, 2.75) is 26.1 Å². The maximum absolute atomic E-state index is 13.2. The molecule has 0 atom stereocenters. The summed E-state index contributed by atoms with van der Waals surface area (Å²) in [4.78, 5) is 19.0. The maximum Gasteiger partial charge on any atom is 0.417 e. The molecule has 0 saturated carbocycles. The van der Waals surface area contributed by atoms with Gasteiger partial charge in [0.05, 0.1) is 22.2 Å². The van der Waals surface area contributed by atoms with Gasteiger partial charge in [-0.3, -0.25) is 4.57 Å². The monoisotopic (exact) mass is 388 g/mol. The zero-order chi connectivity index (χ0) is 20.1. The van der Waals surface area contributed by atoms with Crippen molar-refractivity contribution in [3.8, 4) is 22.8 Å². The Labute approximate surface area is 156 Å². The van der Waals surface area contributed by atoms with Crippen LogP contribution in [0, 0.1) is 0 Å². The fraction of sp³-hybridized carbons (Fsp3) is 0.211.